The first kappa shape index (κ1) is 12.4. The molecule has 0 fully saturated rings. The molecule has 1 aromatic heterocycles. The fraction of sp³-hybridized carbons (Fsp3) is 0.214. The Labute approximate surface area is 106 Å². The predicted molar refractivity (Wildman–Crippen MR) is 72.0 cm³/mol. The lowest BCUT2D eigenvalue weighted by Crippen LogP contribution is -2.07. The lowest BCUT2D eigenvalue weighted by Gasteiger charge is -2.08. The number of nitrogens with one attached hydrogen (secondary N) is 1. The van der Waals surface area contributed by atoms with Gasteiger partial charge < -0.3 is 11.1 Å². The lowest BCUT2D eigenvalue weighted by atomic mass is 10.1. The normalized spacial score (nSPS) is 10.3. The monoisotopic (exact) mass is 245 g/mol. The quantitative estimate of drug-likeness (QED) is 0.870. The van der Waals surface area contributed by atoms with E-state index in [1.54, 1.807) is 12.1 Å². The number of rotatable bonds is 4. The number of anilines is 2. The second-order valence-electron chi connectivity index (χ2n) is 4.20. The van der Waals surface area contributed by atoms with Gasteiger partial charge in [-0.1, -0.05) is 12.1 Å². The molecule has 0 saturated heterocycles. The number of nitrogens with zero attached hydrogens (tertiary/aromatic N) is 1. The third kappa shape index (κ3) is 3.20. The van der Waals surface area contributed by atoms with Crippen LogP contribution in [-0.2, 0) is 6.42 Å². The van der Waals surface area contributed by atoms with Gasteiger partial charge in [0.15, 0.2) is 0 Å². The molecule has 2 rings (SSSR count). The summed E-state index contributed by atoms with van der Waals surface area (Å²) in [4.78, 5) is 4.15. The van der Waals surface area contributed by atoms with Crippen molar-refractivity contribution < 1.29 is 4.39 Å². The standard InChI is InChI=1S/C14H16FN3/c1-10-9-12(15)6-5-11(10)7-8-17-14-4-2-3-13(16)18-14/h2-6,9H,7-8H2,1H3,(H3,16,17,18). The molecule has 0 aliphatic carbocycles. The Morgan fingerprint density at radius 3 is 2.83 bits per heavy atom. The van der Waals surface area contributed by atoms with Gasteiger partial charge >= 0.3 is 0 Å². The van der Waals surface area contributed by atoms with Gasteiger partial charge in [-0.2, -0.15) is 0 Å². The molecule has 1 aromatic carbocycles. The number of benzene rings is 1. The first-order chi connectivity index (χ1) is 8.65. The molecule has 0 aliphatic heterocycles. The number of aromatic nitrogens is 1. The number of hydrogen-bond donors (Lipinski definition) is 2. The highest BCUT2D eigenvalue weighted by Gasteiger charge is 2.00. The van der Waals surface area contributed by atoms with Gasteiger partial charge in [-0.25, -0.2) is 9.37 Å². The van der Waals surface area contributed by atoms with Gasteiger partial charge in [-0.05, 0) is 48.7 Å². The van der Waals surface area contributed by atoms with E-state index in [1.807, 2.05) is 25.1 Å². The van der Waals surface area contributed by atoms with Crippen molar-refractivity contribution in [2.24, 2.45) is 0 Å². The van der Waals surface area contributed by atoms with Gasteiger partial charge in [0.2, 0.25) is 0 Å². The smallest absolute Gasteiger partial charge is 0.128 e. The predicted octanol–water partition coefficient (Wildman–Crippen LogP) is 2.77. The minimum absolute atomic E-state index is 0.193. The van der Waals surface area contributed by atoms with E-state index in [9.17, 15) is 4.39 Å². The lowest BCUT2D eigenvalue weighted by molar-refractivity contribution is 0.625. The SMILES string of the molecule is Cc1cc(F)ccc1CCNc1cccc(N)n1. The first-order valence-corrected chi connectivity index (χ1v) is 5.86. The highest BCUT2D eigenvalue weighted by molar-refractivity contribution is 5.42. The zero-order valence-electron chi connectivity index (χ0n) is 10.3. The third-order valence-electron chi connectivity index (χ3n) is 2.78. The topological polar surface area (TPSA) is 50.9 Å². The first-order valence-electron chi connectivity index (χ1n) is 5.86. The molecule has 18 heavy (non-hydrogen) atoms. The van der Waals surface area contributed by atoms with E-state index in [0.717, 1.165) is 29.9 Å². The van der Waals surface area contributed by atoms with Crippen molar-refractivity contribution in [3.05, 3.63) is 53.3 Å². The molecule has 0 unspecified atom stereocenters. The van der Waals surface area contributed by atoms with Gasteiger partial charge in [-0.3, -0.25) is 0 Å². The average molecular weight is 245 g/mol. The maximum Gasteiger partial charge on any atom is 0.128 e. The van der Waals surface area contributed by atoms with Gasteiger partial charge in [0.1, 0.15) is 17.5 Å². The van der Waals surface area contributed by atoms with Crippen molar-refractivity contribution in [2.75, 3.05) is 17.6 Å². The van der Waals surface area contributed by atoms with Crippen LogP contribution < -0.4 is 11.1 Å². The number of halogens is 1. The van der Waals surface area contributed by atoms with Gasteiger partial charge in [-0.15, -0.1) is 0 Å². The Morgan fingerprint density at radius 1 is 1.28 bits per heavy atom. The Morgan fingerprint density at radius 2 is 2.11 bits per heavy atom. The summed E-state index contributed by atoms with van der Waals surface area (Å²) in [5, 5.41) is 3.19. The van der Waals surface area contributed by atoms with E-state index in [-0.39, 0.29) is 5.82 Å². The summed E-state index contributed by atoms with van der Waals surface area (Å²) < 4.78 is 12.9. The van der Waals surface area contributed by atoms with Crippen LogP contribution in [0.5, 0.6) is 0 Å². The van der Waals surface area contributed by atoms with Crippen LogP contribution in [0.2, 0.25) is 0 Å². The number of nitrogen functional groups attached to an aromatic ring is 1. The summed E-state index contributed by atoms with van der Waals surface area (Å²) in [6, 6.07) is 10.3. The summed E-state index contributed by atoms with van der Waals surface area (Å²) >= 11 is 0. The van der Waals surface area contributed by atoms with Crippen LogP contribution >= 0.6 is 0 Å². The fourth-order valence-corrected chi connectivity index (χ4v) is 1.81. The van der Waals surface area contributed by atoms with Crippen molar-refractivity contribution in [2.45, 2.75) is 13.3 Å². The molecular formula is C14H16FN3. The van der Waals surface area contributed by atoms with Crippen molar-refractivity contribution in [1.82, 2.24) is 4.98 Å². The second kappa shape index (κ2) is 5.49. The summed E-state index contributed by atoms with van der Waals surface area (Å²) in [6.07, 6.45) is 0.822. The molecule has 3 nitrogen and oxygen atoms in total. The molecule has 0 saturated carbocycles. The molecule has 1 heterocycles. The highest BCUT2D eigenvalue weighted by atomic mass is 19.1. The number of pyridine rings is 1. The minimum Gasteiger partial charge on any atom is -0.384 e. The molecule has 0 spiro atoms. The highest BCUT2D eigenvalue weighted by Crippen LogP contribution is 2.11. The number of hydrogen-bond acceptors (Lipinski definition) is 3. The van der Waals surface area contributed by atoms with Crippen molar-refractivity contribution in [1.29, 1.82) is 0 Å². The van der Waals surface area contributed by atoms with Crippen molar-refractivity contribution in [3.63, 3.8) is 0 Å². The van der Waals surface area contributed by atoms with Gasteiger partial charge in [0.05, 0.1) is 0 Å². The number of nitrogens with two attached hydrogens (primary N) is 1. The van der Waals surface area contributed by atoms with E-state index in [1.165, 1.54) is 6.07 Å². The summed E-state index contributed by atoms with van der Waals surface area (Å²) in [5.74, 6) is 1.06. The van der Waals surface area contributed by atoms with Crippen LogP contribution in [0.1, 0.15) is 11.1 Å². The van der Waals surface area contributed by atoms with Crippen LogP contribution in [0.15, 0.2) is 36.4 Å². The van der Waals surface area contributed by atoms with Crippen LogP contribution in [0, 0.1) is 12.7 Å². The molecule has 94 valence electrons. The fourth-order valence-electron chi connectivity index (χ4n) is 1.81. The molecule has 0 radical (unpaired) electrons. The van der Waals surface area contributed by atoms with E-state index in [0.29, 0.717) is 5.82 Å². The average Bonchev–Trinajstić information content (AvgIpc) is 2.32. The van der Waals surface area contributed by atoms with E-state index in [4.69, 9.17) is 5.73 Å². The Kier molecular flexibility index (Phi) is 3.77. The zero-order valence-corrected chi connectivity index (χ0v) is 10.3. The van der Waals surface area contributed by atoms with Crippen LogP contribution in [0.25, 0.3) is 0 Å². The van der Waals surface area contributed by atoms with E-state index < -0.39 is 0 Å². The molecular weight excluding hydrogens is 229 g/mol. The molecule has 0 aliphatic rings. The Bertz CT molecular complexity index is 540. The van der Waals surface area contributed by atoms with E-state index in [2.05, 4.69) is 10.3 Å². The minimum atomic E-state index is -0.193. The van der Waals surface area contributed by atoms with Crippen molar-refractivity contribution in [3.8, 4) is 0 Å². The maximum atomic E-state index is 12.9. The van der Waals surface area contributed by atoms with Gasteiger partial charge in [0, 0.05) is 6.54 Å². The summed E-state index contributed by atoms with van der Waals surface area (Å²) in [7, 11) is 0. The molecule has 3 N–H and O–H groups in total. The second-order valence-corrected chi connectivity index (χ2v) is 4.20. The third-order valence-corrected chi connectivity index (χ3v) is 2.78. The van der Waals surface area contributed by atoms with E-state index >= 15 is 0 Å². The van der Waals surface area contributed by atoms with Crippen LogP contribution in [-0.4, -0.2) is 11.5 Å². The molecule has 2 aromatic rings. The molecule has 0 atom stereocenters. The summed E-state index contributed by atoms with van der Waals surface area (Å²) in [5.41, 5.74) is 7.69. The molecule has 4 heteroatoms. The largest absolute Gasteiger partial charge is 0.384 e. The number of aryl methyl sites for hydroxylation is 1. The van der Waals surface area contributed by atoms with Crippen LogP contribution in [0.4, 0.5) is 16.0 Å². The molecule has 0 bridgehead atoms. The Hall–Kier alpha value is -2.10. The summed E-state index contributed by atoms with van der Waals surface area (Å²) in [6.45, 7) is 2.65. The molecule has 0 amide bonds. The maximum absolute atomic E-state index is 12.9. The van der Waals surface area contributed by atoms with Crippen LogP contribution in [0.3, 0.4) is 0 Å². The zero-order chi connectivity index (χ0) is 13.0. The van der Waals surface area contributed by atoms with Crippen molar-refractivity contribution >= 4 is 11.6 Å². The van der Waals surface area contributed by atoms with Gasteiger partial charge in [0.25, 0.3) is 0 Å². The Balaban J connectivity index is 1.92.